The SMILES string of the molecule is O=C(O)CCCC#CCO/C=C/OC1CCCCO1. The standard InChI is InChI=1S/C14H20O5/c15-13(16)7-3-1-2-5-9-17-11-12-19-14-8-4-6-10-18-14/h11-12,14H,1,3-4,6-10H2,(H,15,16)/b12-11+. The van der Waals surface area contributed by atoms with E-state index in [9.17, 15) is 4.79 Å². The lowest BCUT2D eigenvalue weighted by molar-refractivity contribution is -0.137. The van der Waals surface area contributed by atoms with Gasteiger partial charge < -0.3 is 19.3 Å². The lowest BCUT2D eigenvalue weighted by Crippen LogP contribution is -2.20. The van der Waals surface area contributed by atoms with Gasteiger partial charge in [0.15, 0.2) is 6.29 Å². The summed E-state index contributed by atoms with van der Waals surface area (Å²) in [4.78, 5) is 10.2. The van der Waals surface area contributed by atoms with Crippen molar-refractivity contribution >= 4 is 5.97 Å². The Morgan fingerprint density at radius 1 is 1.37 bits per heavy atom. The first kappa shape index (κ1) is 15.4. The van der Waals surface area contributed by atoms with Crippen LogP contribution >= 0.6 is 0 Å². The highest BCUT2D eigenvalue weighted by Gasteiger charge is 2.12. The molecule has 0 amide bonds. The third-order valence-corrected chi connectivity index (χ3v) is 2.49. The molecular weight excluding hydrogens is 248 g/mol. The Bertz CT molecular complexity index is 333. The van der Waals surface area contributed by atoms with Crippen LogP contribution in [0.15, 0.2) is 12.5 Å². The molecule has 1 N–H and O–H groups in total. The van der Waals surface area contributed by atoms with E-state index in [4.69, 9.17) is 19.3 Å². The topological polar surface area (TPSA) is 65.0 Å². The summed E-state index contributed by atoms with van der Waals surface area (Å²) < 4.78 is 15.8. The zero-order chi connectivity index (χ0) is 13.8. The van der Waals surface area contributed by atoms with Gasteiger partial charge in [0.25, 0.3) is 0 Å². The summed E-state index contributed by atoms with van der Waals surface area (Å²) in [5.41, 5.74) is 0. The van der Waals surface area contributed by atoms with Gasteiger partial charge in [-0.05, 0) is 19.3 Å². The maximum absolute atomic E-state index is 10.2. The Kier molecular flexibility index (Phi) is 8.32. The highest BCUT2D eigenvalue weighted by molar-refractivity contribution is 5.66. The Morgan fingerprint density at radius 2 is 2.26 bits per heavy atom. The van der Waals surface area contributed by atoms with Crippen LogP contribution < -0.4 is 0 Å². The molecule has 0 radical (unpaired) electrons. The smallest absolute Gasteiger partial charge is 0.303 e. The molecule has 1 saturated heterocycles. The van der Waals surface area contributed by atoms with Crippen LogP contribution in [0.3, 0.4) is 0 Å². The van der Waals surface area contributed by atoms with Crippen molar-refractivity contribution in [2.45, 2.75) is 44.8 Å². The third-order valence-electron chi connectivity index (χ3n) is 2.49. The fourth-order valence-electron chi connectivity index (χ4n) is 1.53. The summed E-state index contributed by atoms with van der Waals surface area (Å²) in [5, 5.41) is 8.41. The van der Waals surface area contributed by atoms with Crippen LogP contribution in [0.1, 0.15) is 38.5 Å². The van der Waals surface area contributed by atoms with Crippen LogP contribution in [0.25, 0.3) is 0 Å². The molecule has 0 aromatic carbocycles. The van der Waals surface area contributed by atoms with Crippen LogP contribution in [-0.4, -0.2) is 30.6 Å². The van der Waals surface area contributed by atoms with Gasteiger partial charge in [0.05, 0.1) is 6.61 Å². The van der Waals surface area contributed by atoms with E-state index in [1.165, 1.54) is 12.5 Å². The first-order valence-electron chi connectivity index (χ1n) is 6.50. The summed E-state index contributed by atoms with van der Waals surface area (Å²) in [6.07, 6.45) is 7.20. The summed E-state index contributed by atoms with van der Waals surface area (Å²) >= 11 is 0. The van der Waals surface area contributed by atoms with Gasteiger partial charge in [-0.3, -0.25) is 4.79 Å². The number of carbonyl (C=O) groups is 1. The maximum atomic E-state index is 10.2. The van der Waals surface area contributed by atoms with Crippen LogP contribution in [0.4, 0.5) is 0 Å². The minimum Gasteiger partial charge on any atom is -0.485 e. The lowest BCUT2D eigenvalue weighted by Gasteiger charge is -2.21. The fourth-order valence-corrected chi connectivity index (χ4v) is 1.53. The van der Waals surface area contributed by atoms with Crippen LogP contribution in [0, 0.1) is 11.8 Å². The van der Waals surface area contributed by atoms with Crippen LogP contribution in [-0.2, 0) is 19.0 Å². The summed E-state index contributed by atoms with van der Waals surface area (Å²) in [7, 11) is 0. The number of unbranched alkanes of at least 4 members (excludes halogenated alkanes) is 1. The average Bonchev–Trinajstić information content (AvgIpc) is 2.42. The van der Waals surface area contributed by atoms with Crippen molar-refractivity contribution in [1.29, 1.82) is 0 Å². The van der Waals surface area contributed by atoms with E-state index in [0.29, 0.717) is 12.8 Å². The predicted octanol–water partition coefficient (Wildman–Crippen LogP) is 2.28. The van der Waals surface area contributed by atoms with Gasteiger partial charge in [0, 0.05) is 19.3 Å². The van der Waals surface area contributed by atoms with Gasteiger partial charge in [-0.1, -0.05) is 11.8 Å². The summed E-state index contributed by atoms with van der Waals surface area (Å²) in [6.45, 7) is 1.03. The van der Waals surface area contributed by atoms with E-state index in [1.807, 2.05) is 0 Å². The van der Waals surface area contributed by atoms with Crippen molar-refractivity contribution in [2.24, 2.45) is 0 Å². The minimum atomic E-state index is -0.789. The molecule has 1 aliphatic rings. The first-order chi connectivity index (χ1) is 9.29. The Morgan fingerprint density at radius 3 is 3.00 bits per heavy atom. The molecule has 1 heterocycles. The van der Waals surface area contributed by atoms with Crippen molar-refractivity contribution < 1.29 is 24.1 Å². The van der Waals surface area contributed by atoms with Crippen molar-refractivity contribution in [1.82, 2.24) is 0 Å². The average molecular weight is 268 g/mol. The number of carboxylic acids is 1. The highest BCUT2D eigenvalue weighted by atomic mass is 16.7. The van der Waals surface area contributed by atoms with Gasteiger partial charge in [0.1, 0.15) is 19.1 Å². The number of aliphatic carboxylic acids is 1. The molecule has 1 fully saturated rings. The third kappa shape index (κ3) is 8.97. The van der Waals surface area contributed by atoms with Gasteiger partial charge >= 0.3 is 5.97 Å². The number of hydrogen-bond acceptors (Lipinski definition) is 4. The second-order valence-corrected chi connectivity index (χ2v) is 4.12. The van der Waals surface area contributed by atoms with Gasteiger partial charge in [0.2, 0.25) is 0 Å². The molecule has 0 saturated carbocycles. The summed E-state index contributed by atoms with van der Waals surface area (Å²) in [6, 6.07) is 0. The molecule has 1 unspecified atom stereocenters. The van der Waals surface area contributed by atoms with E-state index >= 15 is 0 Å². The number of rotatable bonds is 7. The molecule has 0 aromatic rings. The van der Waals surface area contributed by atoms with E-state index < -0.39 is 5.97 Å². The molecule has 1 aliphatic heterocycles. The van der Waals surface area contributed by atoms with Crippen molar-refractivity contribution in [2.75, 3.05) is 13.2 Å². The van der Waals surface area contributed by atoms with Crippen molar-refractivity contribution in [3.63, 3.8) is 0 Å². The molecule has 1 rings (SSSR count). The molecule has 5 nitrogen and oxygen atoms in total. The normalized spacial score (nSPS) is 18.6. The Balaban J connectivity index is 1.94. The number of ether oxygens (including phenoxy) is 3. The van der Waals surface area contributed by atoms with Crippen LogP contribution in [0.5, 0.6) is 0 Å². The maximum Gasteiger partial charge on any atom is 0.303 e. The van der Waals surface area contributed by atoms with E-state index in [2.05, 4.69) is 11.8 Å². The monoisotopic (exact) mass is 268 g/mol. The minimum absolute atomic E-state index is 0.157. The second kappa shape index (κ2) is 10.3. The zero-order valence-corrected chi connectivity index (χ0v) is 11.0. The molecule has 1 atom stereocenters. The lowest BCUT2D eigenvalue weighted by atomic mass is 10.2. The first-order valence-corrected chi connectivity index (χ1v) is 6.50. The number of hydrogen-bond donors (Lipinski definition) is 1. The molecule has 5 heteroatoms. The molecule has 0 aromatic heterocycles. The Labute approximate surface area is 113 Å². The molecule has 0 aliphatic carbocycles. The van der Waals surface area contributed by atoms with E-state index in [1.54, 1.807) is 0 Å². The molecular formula is C14H20O5. The predicted molar refractivity (Wildman–Crippen MR) is 69.0 cm³/mol. The van der Waals surface area contributed by atoms with Gasteiger partial charge in [-0.2, -0.15) is 0 Å². The summed E-state index contributed by atoms with van der Waals surface area (Å²) in [5.74, 6) is 4.85. The molecule has 106 valence electrons. The fraction of sp³-hybridized carbons (Fsp3) is 0.643. The highest BCUT2D eigenvalue weighted by Crippen LogP contribution is 2.13. The zero-order valence-electron chi connectivity index (χ0n) is 11.0. The Hall–Kier alpha value is -1.67. The van der Waals surface area contributed by atoms with E-state index in [-0.39, 0.29) is 19.3 Å². The van der Waals surface area contributed by atoms with Crippen LogP contribution in [0.2, 0.25) is 0 Å². The van der Waals surface area contributed by atoms with Gasteiger partial charge in [-0.15, -0.1) is 0 Å². The molecule has 19 heavy (non-hydrogen) atoms. The second-order valence-electron chi connectivity index (χ2n) is 4.12. The molecule has 0 bridgehead atoms. The largest absolute Gasteiger partial charge is 0.485 e. The van der Waals surface area contributed by atoms with Crippen molar-refractivity contribution in [3.8, 4) is 11.8 Å². The quantitative estimate of drug-likeness (QED) is 0.436. The van der Waals surface area contributed by atoms with Gasteiger partial charge in [-0.25, -0.2) is 0 Å². The number of carboxylic acid groups (broad SMARTS) is 1. The molecule has 0 spiro atoms. The van der Waals surface area contributed by atoms with Crippen molar-refractivity contribution in [3.05, 3.63) is 12.5 Å². The van der Waals surface area contributed by atoms with E-state index in [0.717, 1.165) is 25.9 Å².